The highest BCUT2D eigenvalue weighted by atomic mass is 15.2. The molecule has 2 aliphatic heterocycles. The summed E-state index contributed by atoms with van der Waals surface area (Å²) in [5.74, 6) is 0. The molecule has 2 aliphatic rings. The lowest BCUT2D eigenvalue weighted by Crippen LogP contribution is -2.48. The summed E-state index contributed by atoms with van der Waals surface area (Å²) in [6, 6.07) is 2.23. The van der Waals surface area contributed by atoms with E-state index in [-0.39, 0.29) is 0 Å². The maximum Gasteiger partial charge on any atom is 0.0127 e. The van der Waals surface area contributed by atoms with Gasteiger partial charge in [-0.3, -0.25) is 4.90 Å². The number of hydrogen-bond acceptors (Lipinski definition) is 2. The predicted octanol–water partition coefficient (Wildman–Crippen LogP) is 2.98. The van der Waals surface area contributed by atoms with Crippen LogP contribution in [0.4, 0.5) is 0 Å². The summed E-state index contributed by atoms with van der Waals surface area (Å²) in [6.45, 7) is 15.8. The van der Waals surface area contributed by atoms with Gasteiger partial charge in [-0.25, -0.2) is 0 Å². The minimum atomic E-state index is 0.635. The molecule has 2 fully saturated rings. The van der Waals surface area contributed by atoms with E-state index in [0.29, 0.717) is 11.5 Å². The second-order valence-corrected chi connectivity index (χ2v) is 6.75. The van der Waals surface area contributed by atoms with E-state index in [1.807, 2.05) is 0 Å². The van der Waals surface area contributed by atoms with Gasteiger partial charge < -0.3 is 4.90 Å². The molecular formula is C15H30N2. The molecule has 2 saturated heterocycles. The summed E-state index contributed by atoms with van der Waals surface area (Å²) in [6.07, 6.45) is 4.25. The first-order valence-corrected chi connectivity index (χ1v) is 7.46. The molecule has 2 heteroatoms. The van der Waals surface area contributed by atoms with E-state index in [2.05, 4.69) is 44.4 Å². The minimum Gasteiger partial charge on any atom is -0.301 e. The van der Waals surface area contributed by atoms with Crippen LogP contribution in [0.25, 0.3) is 0 Å². The van der Waals surface area contributed by atoms with Crippen LogP contribution in [0.3, 0.4) is 0 Å². The summed E-state index contributed by atoms with van der Waals surface area (Å²) in [5, 5.41) is 0. The van der Waals surface area contributed by atoms with Crippen molar-refractivity contribution in [3.05, 3.63) is 0 Å². The Morgan fingerprint density at radius 1 is 0.882 bits per heavy atom. The zero-order chi connectivity index (χ0) is 12.6. The van der Waals surface area contributed by atoms with Gasteiger partial charge in [0.05, 0.1) is 0 Å². The lowest BCUT2D eigenvalue weighted by atomic mass is 9.72. The Hall–Kier alpha value is -0.0800. The van der Waals surface area contributed by atoms with Crippen LogP contribution in [0.5, 0.6) is 0 Å². The maximum atomic E-state index is 2.71. The lowest BCUT2D eigenvalue weighted by molar-refractivity contribution is 0.0494. The first-order valence-electron chi connectivity index (χ1n) is 7.46. The van der Waals surface area contributed by atoms with Gasteiger partial charge in [-0.15, -0.1) is 0 Å². The van der Waals surface area contributed by atoms with Crippen LogP contribution in [0, 0.1) is 5.41 Å². The molecule has 0 aromatic heterocycles. The zero-order valence-corrected chi connectivity index (χ0v) is 12.4. The molecule has 17 heavy (non-hydrogen) atoms. The van der Waals surface area contributed by atoms with Crippen LogP contribution in [0.15, 0.2) is 0 Å². The van der Waals surface area contributed by atoms with Gasteiger partial charge in [-0.05, 0) is 78.9 Å². The molecule has 0 aromatic rings. The van der Waals surface area contributed by atoms with E-state index in [0.717, 1.165) is 12.1 Å². The second-order valence-electron chi connectivity index (χ2n) is 6.75. The Morgan fingerprint density at radius 3 is 1.82 bits per heavy atom. The number of piperidine rings is 1. The van der Waals surface area contributed by atoms with Gasteiger partial charge >= 0.3 is 0 Å². The van der Waals surface area contributed by atoms with Crippen LogP contribution >= 0.6 is 0 Å². The molecule has 100 valence electrons. The van der Waals surface area contributed by atoms with Gasteiger partial charge in [0.15, 0.2) is 0 Å². The average Bonchev–Trinajstić information content (AvgIpc) is 2.58. The number of rotatable bonds is 2. The Morgan fingerprint density at radius 2 is 1.41 bits per heavy atom. The number of hydrogen-bond donors (Lipinski definition) is 0. The molecule has 0 aliphatic carbocycles. The van der Waals surface area contributed by atoms with E-state index in [4.69, 9.17) is 0 Å². The third kappa shape index (κ3) is 2.39. The average molecular weight is 238 g/mol. The van der Waals surface area contributed by atoms with Gasteiger partial charge in [-0.2, -0.15) is 0 Å². The smallest absolute Gasteiger partial charge is 0.0127 e. The van der Waals surface area contributed by atoms with E-state index >= 15 is 0 Å². The molecule has 0 unspecified atom stereocenters. The Labute approximate surface area is 107 Å². The number of nitrogens with zero attached hydrogens (tertiary/aromatic N) is 2. The fraction of sp³-hybridized carbons (Fsp3) is 1.00. The SMILES string of the molecule is CC(C)N1CCC2(CC1)CCN(C(C)C)[C@H]2C. The molecule has 0 N–H and O–H groups in total. The van der Waals surface area contributed by atoms with Crippen LogP contribution in [-0.2, 0) is 0 Å². The predicted molar refractivity (Wildman–Crippen MR) is 74.3 cm³/mol. The summed E-state index contributed by atoms with van der Waals surface area (Å²) >= 11 is 0. The van der Waals surface area contributed by atoms with Crippen molar-refractivity contribution in [3.63, 3.8) is 0 Å². The molecule has 1 spiro atoms. The maximum absolute atomic E-state index is 2.71. The normalized spacial score (nSPS) is 30.9. The van der Waals surface area contributed by atoms with Crippen molar-refractivity contribution in [1.29, 1.82) is 0 Å². The molecule has 2 nitrogen and oxygen atoms in total. The molecule has 0 bridgehead atoms. The zero-order valence-electron chi connectivity index (χ0n) is 12.4. The summed E-state index contributed by atoms with van der Waals surface area (Å²) in [5.41, 5.74) is 0.635. The summed E-state index contributed by atoms with van der Waals surface area (Å²) < 4.78 is 0. The standard InChI is InChI=1S/C15H30N2/c1-12(2)16-9-6-15(7-10-16)8-11-17(13(3)4)14(15)5/h12-14H,6-11H2,1-5H3/t14-/m0/s1. The molecule has 0 aromatic carbocycles. The highest BCUT2D eigenvalue weighted by Crippen LogP contribution is 2.46. The lowest BCUT2D eigenvalue weighted by Gasteiger charge is -2.45. The monoisotopic (exact) mass is 238 g/mol. The first-order chi connectivity index (χ1) is 7.96. The van der Waals surface area contributed by atoms with E-state index in [9.17, 15) is 0 Å². The molecule has 1 atom stereocenters. The summed E-state index contributed by atoms with van der Waals surface area (Å²) in [4.78, 5) is 5.36. The molecule has 2 heterocycles. The van der Waals surface area contributed by atoms with Crippen molar-refractivity contribution in [2.45, 2.75) is 72.0 Å². The number of likely N-dealkylation sites (tertiary alicyclic amines) is 2. The van der Waals surface area contributed by atoms with Gasteiger partial charge in [-0.1, -0.05) is 0 Å². The van der Waals surface area contributed by atoms with Gasteiger partial charge in [0.2, 0.25) is 0 Å². The third-order valence-electron chi connectivity index (χ3n) is 5.44. The van der Waals surface area contributed by atoms with E-state index < -0.39 is 0 Å². The first kappa shape index (κ1) is 13.4. The Bertz CT molecular complexity index is 252. The van der Waals surface area contributed by atoms with E-state index in [1.165, 1.54) is 38.9 Å². The fourth-order valence-electron chi connectivity index (χ4n) is 3.96. The van der Waals surface area contributed by atoms with Crippen LogP contribution in [0.2, 0.25) is 0 Å². The second kappa shape index (κ2) is 4.89. The minimum absolute atomic E-state index is 0.635. The fourth-order valence-corrected chi connectivity index (χ4v) is 3.96. The molecule has 0 radical (unpaired) electrons. The molecule has 2 rings (SSSR count). The highest BCUT2D eigenvalue weighted by Gasteiger charge is 2.46. The van der Waals surface area contributed by atoms with E-state index in [1.54, 1.807) is 0 Å². The molecule has 0 amide bonds. The summed E-state index contributed by atoms with van der Waals surface area (Å²) in [7, 11) is 0. The topological polar surface area (TPSA) is 6.48 Å². The molecular weight excluding hydrogens is 208 g/mol. The quantitative estimate of drug-likeness (QED) is 0.730. The molecule has 0 saturated carbocycles. The third-order valence-corrected chi connectivity index (χ3v) is 5.44. The van der Waals surface area contributed by atoms with Crippen LogP contribution in [0.1, 0.15) is 53.9 Å². The van der Waals surface area contributed by atoms with Crippen molar-refractivity contribution < 1.29 is 0 Å². The largest absolute Gasteiger partial charge is 0.301 e. The van der Waals surface area contributed by atoms with Gasteiger partial charge in [0, 0.05) is 18.1 Å². The Kier molecular flexibility index (Phi) is 3.84. The van der Waals surface area contributed by atoms with Crippen molar-refractivity contribution in [1.82, 2.24) is 9.80 Å². The van der Waals surface area contributed by atoms with Crippen molar-refractivity contribution >= 4 is 0 Å². The van der Waals surface area contributed by atoms with Crippen molar-refractivity contribution in [3.8, 4) is 0 Å². The van der Waals surface area contributed by atoms with Gasteiger partial charge in [0.25, 0.3) is 0 Å². The van der Waals surface area contributed by atoms with Gasteiger partial charge in [0.1, 0.15) is 0 Å². The Balaban J connectivity index is 1.99. The van der Waals surface area contributed by atoms with Crippen LogP contribution < -0.4 is 0 Å². The van der Waals surface area contributed by atoms with Crippen molar-refractivity contribution in [2.75, 3.05) is 19.6 Å². The van der Waals surface area contributed by atoms with Crippen molar-refractivity contribution in [2.24, 2.45) is 5.41 Å². The van der Waals surface area contributed by atoms with Crippen LogP contribution in [-0.4, -0.2) is 47.6 Å². The highest BCUT2D eigenvalue weighted by molar-refractivity contribution is 5.00.